The maximum Gasteiger partial charge on any atom is 0.248 e. The molecule has 1 aromatic rings. The van der Waals surface area contributed by atoms with Gasteiger partial charge in [0.2, 0.25) is 5.91 Å². The molecule has 1 saturated heterocycles. The molecule has 332 valence electrons. The molecule has 0 unspecified atom stereocenters. The van der Waals surface area contributed by atoms with Gasteiger partial charge in [-0.3, -0.25) is 9.63 Å². The highest BCUT2D eigenvalue weighted by atomic mass is 28.4. The molecule has 1 aliphatic heterocycles. The van der Waals surface area contributed by atoms with E-state index in [9.17, 15) is 15.0 Å². The molecular weight excluding hydrogens is 775 g/mol. The lowest BCUT2D eigenvalue weighted by Gasteiger charge is -2.47. The maximum absolute atomic E-state index is 13.5. The summed E-state index contributed by atoms with van der Waals surface area (Å²) in [5, 5.41) is 25.0. The van der Waals surface area contributed by atoms with E-state index in [4.69, 9.17) is 32.3 Å². The fourth-order valence-electron chi connectivity index (χ4n) is 6.33. The summed E-state index contributed by atoms with van der Waals surface area (Å²) in [5.74, 6) is -1.00. The molecule has 1 fully saturated rings. The summed E-state index contributed by atoms with van der Waals surface area (Å²) in [5.41, 5.74) is 0.246. The number of benzene rings is 1. The molecule has 0 aromatic heterocycles. The van der Waals surface area contributed by atoms with Crippen LogP contribution in [0.15, 0.2) is 24.3 Å². The number of carbonyl (C=O) groups excluding carboxylic acids is 1. The molecule has 1 aromatic carbocycles. The molecule has 0 saturated carbocycles. The van der Waals surface area contributed by atoms with Gasteiger partial charge in [-0.15, -0.1) is 0 Å². The summed E-state index contributed by atoms with van der Waals surface area (Å²) in [7, 11) is -2.75. The Hall–Kier alpha value is -1.18. The molecule has 8 atom stereocenters. The van der Waals surface area contributed by atoms with Crippen molar-refractivity contribution in [1.82, 2.24) is 5.06 Å². The average molecular weight is 858 g/mol. The van der Waals surface area contributed by atoms with Gasteiger partial charge in [0.05, 0.1) is 64.9 Å². The van der Waals surface area contributed by atoms with Gasteiger partial charge < -0.3 is 37.7 Å². The van der Waals surface area contributed by atoms with Gasteiger partial charge in [0, 0.05) is 31.4 Å². The van der Waals surface area contributed by atoms with Gasteiger partial charge in [-0.25, -0.2) is 5.06 Å². The number of hydrogen-bond donors (Lipinski definition) is 2. The molecule has 0 aliphatic carbocycles. The molecule has 0 spiro atoms. The second-order valence-corrected chi connectivity index (χ2v) is 35.5. The van der Waals surface area contributed by atoms with Crippen molar-refractivity contribution in [3.8, 4) is 5.75 Å². The first kappa shape index (κ1) is 52.0. The summed E-state index contributed by atoms with van der Waals surface area (Å²) < 4.78 is 39.7. The fourth-order valence-corrected chi connectivity index (χ4v) is 10.1. The van der Waals surface area contributed by atoms with Gasteiger partial charge in [0.15, 0.2) is 25.0 Å². The normalized spacial score (nSPS) is 21.7. The van der Waals surface area contributed by atoms with Crippen molar-refractivity contribution in [2.24, 2.45) is 17.8 Å². The molecule has 1 aliphatic rings. The number of methoxy groups -OCH3 is 1. The van der Waals surface area contributed by atoms with Crippen LogP contribution in [0.1, 0.15) is 88.1 Å². The minimum absolute atomic E-state index is 0.00312. The van der Waals surface area contributed by atoms with Crippen molar-refractivity contribution >= 4 is 30.9 Å². The number of epoxide rings is 1. The summed E-state index contributed by atoms with van der Waals surface area (Å²) >= 11 is 0. The van der Waals surface area contributed by atoms with Crippen molar-refractivity contribution in [3.63, 3.8) is 0 Å². The van der Waals surface area contributed by atoms with Crippen LogP contribution in [0.2, 0.25) is 54.4 Å². The molecule has 0 radical (unpaired) electrons. The molecule has 1 amide bonds. The summed E-state index contributed by atoms with van der Waals surface area (Å²) in [6, 6.07) is 7.85. The van der Waals surface area contributed by atoms with Gasteiger partial charge >= 0.3 is 0 Å². The quantitative estimate of drug-likeness (QED) is 0.0664. The van der Waals surface area contributed by atoms with E-state index in [-0.39, 0.29) is 46.1 Å². The SMILES string of the molecule is COc1ccc(COC[C@H](C)[C@H]2O[C@]2(C)[C@@H](O[Si](C)(C)C(C)(C)C)[C@@H](CO[Si](C)(C)C(C)(C)C)[C@H](O)[C@@H](CO)[C@@H](CC(=O)N(C)OC)O[Si](C)(C)C(C)(C)C)cc1. The first-order chi connectivity index (χ1) is 25.8. The van der Waals surface area contributed by atoms with E-state index in [0.29, 0.717) is 13.2 Å². The van der Waals surface area contributed by atoms with Gasteiger partial charge in [-0.1, -0.05) is 81.4 Å². The predicted octanol–water partition coefficient (Wildman–Crippen LogP) is 8.80. The van der Waals surface area contributed by atoms with E-state index in [2.05, 4.69) is 115 Å². The highest BCUT2D eigenvalue weighted by Gasteiger charge is 2.65. The van der Waals surface area contributed by atoms with Gasteiger partial charge in [0.25, 0.3) is 0 Å². The summed E-state index contributed by atoms with van der Waals surface area (Å²) in [6.07, 6.45) is -2.93. The summed E-state index contributed by atoms with van der Waals surface area (Å²) in [4.78, 5) is 18.8. The first-order valence-corrected chi connectivity index (χ1v) is 29.5. The van der Waals surface area contributed by atoms with Gasteiger partial charge in [-0.2, -0.15) is 0 Å². The van der Waals surface area contributed by atoms with Crippen LogP contribution in [0, 0.1) is 17.8 Å². The van der Waals surface area contributed by atoms with Crippen LogP contribution in [-0.2, 0) is 39.0 Å². The number of ether oxygens (including phenoxy) is 3. The number of hydrogen-bond acceptors (Lipinski definition) is 10. The smallest absolute Gasteiger partial charge is 0.248 e. The first-order valence-electron chi connectivity index (χ1n) is 20.8. The highest BCUT2D eigenvalue weighted by Crippen LogP contribution is 2.52. The molecular formula is C43H83NO10Si3. The van der Waals surface area contributed by atoms with Crippen LogP contribution in [0.4, 0.5) is 0 Å². The molecule has 0 bridgehead atoms. The third kappa shape index (κ3) is 13.4. The second-order valence-electron chi connectivity index (χ2n) is 21.1. The van der Waals surface area contributed by atoms with Crippen LogP contribution in [0.3, 0.4) is 0 Å². The molecule has 1 heterocycles. The lowest BCUT2D eigenvalue weighted by molar-refractivity contribution is -0.172. The molecule has 2 rings (SSSR count). The predicted molar refractivity (Wildman–Crippen MR) is 237 cm³/mol. The molecule has 57 heavy (non-hydrogen) atoms. The van der Waals surface area contributed by atoms with Crippen molar-refractivity contribution in [3.05, 3.63) is 29.8 Å². The van der Waals surface area contributed by atoms with Crippen molar-refractivity contribution in [2.75, 3.05) is 41.1 Å². The number of amides is 1. The Morgan fingerprint density at radius 3 is 1.81 bits per heavy atom. The Bertz CT molecular complexity index is 1410. The Morgan fingerprint density at radius 1 is 0.842 bits per heavy atom. The van der Waals surface area contributed by atoms with Gasteiger partial charge in [0.1, 0.15) is 11.4 Å². The zero-order valence-corrected chi connectivity index (χ0v) is 42.5. The summed E-state index contributed by atoms with van der Waals surface area (Å²) in [6.45, 7) is 37.6. The van der Waals surface area contributed by atoms with Crippen molar-refractivity contribution in [1.29, 1.82) is 0 Å². The Balaban J connectivity index is 2.70. The molecule has 2 N–H and O–H groups in total. The van der Waals surface area contributed by atoms with E-state index in [1.54, 1.807) is 14.2 Å². The van der Waals surface area contributed by atoms with Crippen LogP contribution in [0.25, 0.3) is 0 Å². The van der Waals surface area contributed by atoms with Gasteiger partial charge in [-0.05, 0) is 79.0 Å². The van der Waals surface area contributed by atoms with E-state index >= 15 is 0 Å². The van der Waals surface area contributed by atoms with Crippen LogP contribution in [0.5, 0.6) is 5.75 Å². The molecule has 14 heteroatoms. The monoisotopic (exact) mass is 858 g/mol. The number of carbonyl (C=O) groups is 1. The van der Waals surface area contributed by atoms with E-state index in [1.165, 1.54) is 12.2 Å². The topological polar surface area (TPSA) is 129 Å². The van der Waals surface area contributed by atoms with E-state index < -0.39 is 67.3 Å². The Labute approximate surface area is 350 Å². The zero-order valence-electron chi connectivity index (χ0n) is 39.5. The standard InChI is InChI=1S/C43H83NO10Si3/c1-30(27-50-28-31-21-23-32(48-13)24-22-31)38-43(11,52-38)39(54-57(19,20)42(8,9)10)34(29-51-55(15,16)40(2,3)4)37(47)33(26-45)35(25-36(46)44(12)49-14)53-56(17,18)41(5,6)7/h21-24,30,33-35,37-39,45,47H,25-29H2,1-20H3/t30-,33-,34-,35+,37+,38+,39-,43-/m0/s1. The number of aliphatic hydroxyl groups excluding tert-OH is 2. The minimum Gasteiger partial charge on any atom is -0.497 e. The molecule has 11 nitrogen and oxygen atoms in total. The maximum atomic E-state index is 13.5. The third-order valence-electron chi connectivity index (χ3n) is 13.7. The van der Waals surface area contributed by atoms with Crippen LogP contribution >= 0.6 is 0 Å². The number of rotatable bonds is 22. The van der Waals surface area contributed by atoms with Crippen molar-refractivity contribution in [2.45, 2.75) is 174 Å². The largest absolute Gasteiger partial charge is 0.497 e. The van der Waals surface area contributed by atoms with Crippen LogP contribution in [-0.4, -0.2) is 117 Å². The number of nitrogens with zero attached hydrogens (tertiary/aromatic N) is 1. The number of hydroxylamine groups is 2. The van der Waals surface area contributed by atoms with E-state index in [1.807, 2.05) is 24.3 Å². The number of aliphatic hydroxyl groups is 2. The second kappa shape index (κ2) is 19.7. The lowest BCUT2D eigenvalue weighted by Crippen LogP contribution is -2.58. The minimum atomic E-state index is -2.52. The Morgan fingerprint density at radius 2 is 1.35 bits per heavy atom. The third-order valence-corrected chi connectivity index (χ3v) is 27.1. The highest BCUT2D eigenvalue weighted by molar-refractivity contribution is 6.75. The van der Waals surface area contributed by atoms with E-state index in [0.717, 1.165) is 11.3 Å². The lowest BCUT2D eigenvalue weighted by atomic mass is 9.78. The average Bonchev–Trinajstić information content (AvgIpc) is 3.78. The zero-order chi connectivity index (χ0) is 44.2. The van der Waals surface area contributed by atoms with Crippen molar-refractivity contribution < 1.29 is 47.3 Å². The fraction of sp³-hybridized carbons (Fsp3) is 0.837. The van der Waals surface area contributed by atoms with Crippen LogP contribution < -0.4 is 4.74 Å². The Kier molecular flexibility index (Phi) is 17.9.